The van der Waals surface area contributed by atoms with Crippen LogP contribution in [0.15, 0.2) is 36.4 Å². The predicted octanol–water partition coefficient (Wildman–Crippen LogP) is 4.98. The van der Waals surface area contributed by atoms with Crippen LogP contribution in [0.2, 0.25) is 0 Å². The highest BCUT2D eigenvalue weighted by Gasteiger charge is 2.15. The van der Waals surface area contributed by atoms with Gasteiger partial charge in [-0.15, -0.1) is 0 Å². The van der Waals surface area contributed by atoms with Gasteiger partial charge < -0.3 is 10.5 Å². The van der Waals surface area contributed by atoms with Crippen LogP contribution in [0, 0.1) is 13.8 Å². The minimum absolute atomic E-state index is 0.150. The molecule has 0 fully saturated rings. The summed E-state index contributed by atoms with van der Waals surface area (Å²) in [5, 5.41) is 0. The van der Waals surface area contributed by atoms with Gasteiger partial charge in [0.05, 0.1) is 0 Å². The molecule has 0 aromatic heterocycles. The molecule has 2 heteroatoms. The Kier molecular flexibility index (Phi) is 3.76. The molecule has 0 saturated heterocycles. The second-order valence-electron chi connectivity index (χ2n) is 6.41. The number of benzene rings is 2. The molecule has 0 heterocycles. The Hall–Kier alpha value is -1.96. The summed E-state index contributed by atoms with van der Waals surface area (Å²) in [6.07, 6.45) is 0. The maximum absolute atomic E-state index is 5.96. The second kappa shape index (κ2) is 5.20. The highest BCUT2D eigenvalue weighted by atomic mass is 16.5. The van der Waals surface area contributed by atoms with E-state index in [1.54, 1.807) is 0 Å². The molecular weight excluding hydrogens is 246 g/mol. The van der Waals surface area contributed by atoms with Crippen molar-refractivity contribution >= 4 is 5.69 Å². The van der Waals surface area contributed by atoms with Crippen molar-refractivity contribution in [3.8, 4) is 11.5 Å². The van der Waals surface area contributed by atoms with Crippen LogP contribution >= 0.6 is 0 Å². The van der Waals surface area contributed by atoms with Gasteiger partial charge in [0.2, 0.25) is 0 Å². The zero-order valence-electron chi connectivity index (χ0n) is 12.9. The van der Waals surface area contributed by atoms with E-state index in [4.69, 9.17) is 10.5 Å². The minimum atomic E-state index is 0.150. The Morgan fingerprint density at radius 1 is 0.950 bits per heavy atom. The SMILES string of the molecule is Cc1cc(N)cc(Oc2ccc(C(C)(C)C)cc2C)c1. The van der Waals surface area contributed by atoms with Crippen molar-refractivity contribution in [3.05, 3.63) is 53.1 Å². The van der Waals surface area contributed by atoms with Crippen molar-refractivity contribution in [1.82, 2.24) is 0 Å². The van der Waals surface area contributed by atoms with Crippen LogP contribution in [0.25, 0.3) is 0 Å². The number of hydrogen-bond donors (Lipinski definition) is 1. The van der Waals surface area contributed by atoms with Crippen LogP contribution in [0.4, 0.5) is 5.69 Å². The molecule has 2 rings (SSSR count). The van der Waals surface area contributed by atoms with E-state index in [9.17, 15) is 0 Å². The number of nitrogen functional groups attached to an aromatic ring is 1. The van der Waals surface area contributed by atoms with E-state index in [0.717, 1.165) is 28.3 Å². The number of hydrogen-bond acceptors (Lipinski definition) is 2. The first-order valence-corrected chi connectivity index (χ1v) is 6.92. The van der Waals surface area contributed by atoms with Crippen LogP contribution in [0.1, 0.15) is 37.5 Å². The van der Waals surface area contributed by atoms with Crippen LogP contribution in [0.5, 0.6) is 11.5 Å². The lowest BCUT2D eigenvalue weighted by molar-refractivity contribution is 0.477. The number of aryl methyl sites for hydroxylation is 2. The van der Waals surface area contributed by atoms with Crippen molar-refractivity contribution in [2.75, 3.05) is 5.73 Å². The third-order valence-electron chi connectivity index (χ3n) is 3.34. The molecule has 0 aliphatic rings. The Bertz CT molecular complexity index is 604. The van der Waals surface area contributed by atoms with Crippen LogP contribution < -0.4 is 10.5 Å². The summed E-state index contributed by atoms with van der Waals surface area (Å²) in [5.74, 6) is 1.66. The fourth-order valence-electron chi connectivity index (χ4n) is 2.19. The molecule has 2 N–H and O–H groups in total. The molecule has 0 aliphatic heterocycles. The molecule has 2 nitrogen and oxygen atoms in total. The van der Waals surface area contributed by atoms with Gasteiger partial charge in [-0.3, -0.25) is 0 Å². The van der Waals surface area contributed by atoms with E-state index in [1.807, 2.05) is 31.2 Å². The van der Waals surface area contributed by atoms with E-state index in [1.165, 1.54) is 5.56 Å². The van der Waals surface area contributed by atoms with Gasteiger partial charge in [0, 0.05) is 11.8 Å². The van der Waals surface area contributed by atoms with Gasteiger partial charge in [-0.05, 0) is 54.2 Å². The third kappa shape index (κ3) is 3.32. The Morgan fingerprint density at radius 2 is 1.65 bits per heavy atom. The van der Waals surface area contributed by atoms with E-state index in [2.05, 4.69) is 39.8 Å². The standard InChI is InChI=1S/C18H23NO/c1-12-8-15(19)11-16(9-12)20-17-7-6-14(10-13(17)2)18(3,4)5/h6-11H,19H2,1-5H3. The minimum Gasteiger partial charge on any atom is -0.457 e. The monoisotopic (exact) mass is 269 g/mol. The van der Waals surface area contributed by atoms with Gasteiger partial charge in [-0.1, -0.05) is 32.9 Å². The lowest BCUT2D eigenvalue weighted by Crippen LogP contribution is -2.11. The lowest BCUT2D eigenvalue weighted by atomic mass is 9.86. The summed E-state index contributed by atoms with van der Waals surface area (Å²) in [4.78, 5) is 0. The second-order valence-corrected chi connectivity index (χ2v) is 6.41. The molecule has 0 unspecified atom stereocenters. The Balaban J connectivity index is 2.30. The van der Waals surface area contributed by atoms with Gasteiger partial charge in [-0.2, -0.15) is 0 Å². The normalized spacial score (nSPS) is 11.4. The fraction of sp³-hybridized carbons (Fsp3) is 0.333. The highest BCUT2D eigenvalue weighted by Crippen LogP contribution is 2.31. The molecule has 2 aromatic carbocycles. The van der Waals surface area contributed by atoms with Crippen LogP contribution in [0.3, 0.4) is 0 Å². The quantitative estimate of drug-likeness (QED) is 0.781. The molecule has 0 atom stereocenters. The Labute approximate surface area is 121 Å². The van der Waals surface area contributed by atoms with E-state index in [0.29, 0.717) is 0 Å². The number of ether oxygens (including phenoxy) is 1. The summed E-state index contributed by atoms with van der Waals surface area (Å²) in [6, 6.07) is 12.1. The summed E-state index contributed by atoms with van der Waals surface area (Å²) < 4.78 is 5.96. The van der Waals surface area contributed by atoms with Crippen LogP contribution in [-0.4, -0.2) is 0 Å². The lowest BCUT2D eigenvalue weighted by Gasteiger charge is -2.20. The van der Waals surface area contributed by atoms with Crippen molar-refractivity contribution in [1.29, 1.82) is 0 Å². The zero-order valence-corrected chi connectivity index (χ0v) is 12.9. The summed E-state index contributed by atoms with van der Waals surface area (Å²) in [7, 11) is 0. The Morgan fingerprint density at radius 3 is 2.20 bits per heavy atom. The van der Waals surface area contributed by atoms with Gasteiger partial charge in [0.15, 0.2) is 0 Å². The summed E-state index contributed by atoms with van der Waals surface area (Å²) in [6.45, 7) is 10.7. The molecular formula is C18H23NO. The summed E-state index contributed by atoms with van der Waals surface area (Å²) in [5.41, 5.74) is 10.3. The molecule has 2 aromatic rings. The maximum Gasteiger partial charge on any atom is 0.130 e. The number of rotatable bonds is 2. The van der Waals surface area contributed by atoms with Crippen molar-refractivity contribution in [2.45, 2.75) is 40.0 Å². The number of anilines is 1. The smallest absolute Gasteiger partial charge is 0.130 e. The van der Waals surface area contributed by atoms with Gasteiger partial charge >= 0.3 is 0 Å². The molecule has 0 saturated carbocycles. The average Bonchev–Trinajstić information content (AvgIpc) is 2.29. The van der Waals surface area contributed by atoms with Crippen LogP contribution in [-0.2, 0) is 5.41 Å². The molecule has 0 bridgehead atoms. The first-order valence-electron chi connectivity index (χ1n) is 6.92. The predicted molar refractivity (Wildman–Crippen MR) is 85.5 cm³/mol. The molecule has 106 valence electrons. The molecule has 20 heavy (non-hydrogen) atoms. The van der Waals surface area contributed by atoms with Crippen molar-refractivity contribution in [3.63, 3.8) is 0 Å². The first kappa shape index (κ1) is 14.4. The largest absolute Gasteiger partial charge is 0.457 e. The highest BCUT2D eigenvalue weighted by molar-refractivity contribution is 5.49. The zero-order chi connectivity index (χ0) is 14.9. The topological polar surface area (TPSA) is 35.2 Å². The molecule has 0 spiro atoms. The van der Waals surface area contributed by atoms with E-state index in [-0.39, 0.29) is 5.41 Å². The van der Waals surface area contributed by atoms with Gasteiger partial charge in [0.1, 0.15) is 11.5 Å². The fourth-order valence-corrected chi connectivity index (χ4v) is 2.19. The third-order valence-corrected chi connectivity index (χ3v) is 3.34. The molecule has 0 aliphatic carbocycles. The van der Waals surface area contributed by atoms with Gasteiger partial charge in [-0.25, -0.2) is 0 Å². The van der Waals surface area contributed by atoms with Crippen molar-refractivity contribution < 1.29 is 4.74 Å². The maximum atomic E-state index is 5.96. The molecule has 0 radical (unpaired) electrons. The first-order chi connectivity index (χ1) is 9.25. The number of nitrogens with two attached hydrogens (primary N) is 1. The van der Waals surface area contributed by atoms with Crippen molar-refractivity contribution in [2.24, 2.45) is 0 Å². The van der Waals surface area contributed by atoms with E-state index >= 15 is 0 Å². The average molecular weight is 269 g/mol. The van der Waals surface area contributed by atoms with E-state index < -0.39 is 0 Å². The summed E-state index contributed by atoms with van der Waals surface area (Å²) >= 11 is 0. The molecule has 0 amide bonds. The van der Waals surface area contributed by atoms with Gasteiger partial charge in [0.25, 0.3) is 0 Å².